The summed E-state index contributed by atoms with van der Waals surface area (Å²) in [5.41, 5.74) is 7.87. The molecule has 1 saturated heterocycles. The first kappa shape index (κ1) is 14.3. The lowest BCUT2D eigenvalue weighted by Crippen LogP contribution is -2.38. The van der Waals surface area contributed by atoms with Crippen molar-refractivity contribution in [1.82, 2.24) is 24.4 Å². The van der Waals surface area contributed by atoms with Crippen LogP contribution in [0, 0.1) is 5.41 Å². The predicted molar refractivity (Wildman–Crippen MR) is 83.8 cm³/mol. The number of aromatic nitrogens is 4. The van der Waals surface area contributed by atoms with E-state index in [0.717, 1.165) is 25.2 Å². The van der Waals surface area contributed by atoms with Crippen LogP contribution in [0.5, 0.6) is 0 Å². The number of anilines is 1. The lowest BCUT2D eigenvalue weighted by Gasteiger charge is -2.36. The molecule has 0 amide bonds. The number of nitrogen functional groups attached to an aromatic ring is 1. The average molecular weight is 288 g/mol. The van der Waals surface area contributed by atoms with Crippen LogP contribution in [0.25, 0.3) is 11.2 Å². The molecule has 1 aliphatic heterocycles. The average Bonchev–Trinajstić information content (AvgIpc) is 2.86. The zero-order chi connectivity index (χ0) is 14.9. The molecule has 3 heterocycles. The van der Waals surface area contributed by atoms with Crippen molar-refractivity contribution >= 4 is 17.0 Å². The lowest BCUT2D eigenvalue weighted by atomic mass is 9.83. The van der Waals surface area contributed by atoms with Gasteiger partial charge in [0, 0.05) is 6.54 Å². The number of imidazole rings is 1. The van der Waals surface area contributed by atoms with Gasteiger partial charge in [-0.25, -0.2) is 15.0 Å². The topological polar surface area (TPSA) is 72.9 Å². The Morgan fingerprint density at radius 2 is 1.90 bits per heavy atom. The maximum Gasteiger partial charge on any atom is 0.165 e. The van der Waals surface area contributed by atoms with Crippen LogP contribution in [0.15, 0.2) is 12.7 Å². The minimum absolute atomic E-state index is 0.456. The summed E-state index contributed by atoms with van der Waals surface area (Å²) in [6, 6.07) is 0. The molecular weight excluding hydrogens is 264 g/mol. The van der Waals surface area contributed by atoms with Crippen LogP contribution in [0.2, 0.25) is 0 Å². The number of hydrogen-bond donors (Lipinski definition) is 1. The Labute approximate surface area is 125 Å². The zero-order valence-electron chi connectivity index (χ0n) is 12.9. The monoisotopic (exact) mass is 288 g/mol. The molecule has 0 bridgehead atoms. The molecule has 0 aliphatic carbocycles. The van der Waals surface area contributed by atoms with E-state index in [1.165, 1.54) is 32.3 Å². The molecule has 2 N–H and O–H groups in total. The van der Waals surface area contributed by atoms with Gasteiger partial charge in [0.15, 0.2) is 11.5 Å². The van der Waals surface area contributed by atoms with Crippen molar-refractivity contribution in [3.05, 3.63) is 12.7 Å². The Hall–Kier alpha value is -1.69. The van der Waals surface area contributed by atoms with Crippen LogP contribution in [0.3, 0.4) is 0 Å². The second kappa shape index (κ2) is 5.60. The Balaban J connectivity index is 1.54. The van der Waals surface area contributed by atoms with Gasteiger partial charge < -0.3 is 15.2 Å². The second-order valence-electron chi connectivity index (χ2n) is 6.73. The van der Waals surface area contributed by atoms with E-state index in [0.29, 0.717) is 16.7 Å². The van der Waals surface area contributed by atoms with Gasteiger partial charge in [0.05, 0.1) is 6.33 Å². The summed E-state index contributed by atoms with van der Waals surface area (Å²) in [6.07, 6.45) is 7.02. The van der Waals surface area contributed by atoms with Gasteiger partial charge >= 0.3 is 0 Å². The largest absolute Gasteiger partial charge is 0.382 e. The highest BCUT2D eigenvalue weighted by Crippen LogP contribution is 2.29. The van der Waals surface area contributed by atoms with Crippen molar-refractivity contribution < 1.29 is 0 Å². The van der Waals surface area contributed by atoms with Crippen LogP contribution in [0.1, 0.15) is 33.1 Å². The molecule has 0 spiro atoms. The molecule has 0 aromatic carbocycles. The molecule has 0 saturated carbocycles. The summed E-state index contributed by atoms with van der Waals surface area (Å²) in [6.45, 7) is 9.22. The summed E-state index contributed by atoms with van der Waals surface area (Å²) in [7, 11) is 0. The number of piperidine rings is 1. The van der Waals surface area contributed by atoms with E-state index >= 15 is 0 Å². The van der Waals surface area contributed by atoms with E-state index in [9.17, 15) is 0 Å². The summed E-state index contributed by atoms with van der Waals surface area (Å²) < 4.78 is 2.07. The maximum atomic E-state index is 5.81. The smallest absolute Gasteiger partial charge is 0.165 e. The minimum Gasteiger partial charge on any atom is -0.382 e. The SMILES string of the molecule is CC1(C)CCN(CCCn2cnc3c(N)ncnc32)CC1. The van der Waals surface area contributed by atoms with Crippen LogP contribution < -0.4 is 5.73 Å². The molecule has 6 nitrogen and oxygen atoms in total. The quantitative estimate of drug-likeness (QED) is 0.930. The minimum atomic E-state index is 0.456. The Kier molecular flexibility index (Phi) is 3.80. The third-order valence-electron chi connectivity index (χ3n) is 4.51. The summed E-state index contributed by atoms with van der Waals surface area (Å²) in [4.78, 5) is 15.1. The van der Waals surface area contributed by atoms with Crippen molar-refractivity contribution in [1.29, 1.82) is 0 Å². The first-order chi connectivity index (χ1) is 10.1. The second-order valence-corrected chi connectivity index (χ2v) is 6.73. The van der Waals surface area contributed by atoms with Crippen LogP contribution in [-0.4, -0.2) is 44.1 Å². The van der Waals surface area contributed by atoms with Gasteiger partial charge in [-0.15, -0.1) is 0 Å². The lowest BCUT2D eigenvalue weighted by molar-refractivity contribution is 0.130. The molecule has 6 heteroatoms. The van der Waals surface area contributed by atoms with Crippen molar-refractivity contribution in [2.24, 2.45) is 5.41 Å². The molecule has 0 atom stereocenters. The Morgan fingerprint density at radius 1 is 1.14 bits per heavy atom. The van der Waals surface area contributed by atoms with E-state index in [4.69, 9.17) is 5.73 Å². The Morgan fingerprint density at radius 3 is 2.67 bits per heavy atom. The van der Waals surface area contributed by atoms with E-state index in [-0.39, 0.29) is 0 Å². The third kappa shape index (κ3) is 3.15. The van der Waals surface area contributed by atoms with Gasteiger partial charge in [0.1, 0.15) is 11.8 Å². The predicted octanol–water partition coefficient (Wildman–Crippen LogP) is 1.92. The van der Waals surface area contributed by atoms with Crippen LogP contribution in [0.4, 0.5) is 5.82 Å². The highest BCUT2D eigenvalue weighted by molar-refractivity contribution is 5.80. The van der Waals surface area contributed by atoms with Gasteiger partial charge in [-0.2, -0.15) is 0 Å². The molecule has 114 valence electrons. The Bertz CT molecular complexity index is 608. The molecule has 21 heavy (non-hydrogen) atoms. The number of likely N-dealkylation sites (tertiary alicyclic amines) is 1. The van der Waals surface area contributed by atoms with Gasteiger partial charge in [0.25, 0.3) is 0 Å². The maximum absolute atomic E-state index is 5.81. The van der Waals surface area contributed by atoms with Crippen molar-refractivity contribution in [2.45, 2.75) is 39.7 Å². The summed E-state index contributed by atoms with van der Waals surface area (Å²) >= 11 is 0. The highest BCUT2D eigenvalue weighted by Gasteiger charge is 2.24. The highest BCUT2D eigenvalue weighted by atomic mass is 15.1. The summed E-state index contributed by atoms with van der Waals surface area (Å²) in [5.74, 6) is 0.456. The third-order valence-corrected chi connectivity index (χ3v) is 4.51. The number of nitrogens with two attached hydrogens (primary N) is 1. The van der Waals surface area contributed by atoms with Crippen molar-refractivity contribution in [3.8, 4) is 0 Å². The molecule has 1 aliphatic rings. The van der Waals surface area contributed by atoms with Crippen LogP contribution in [-0.2, 0) is 6.54 Å². The van der Waals surface area contributed by atoms with Crippen LogP contribution >= 0.6 is 0 Å². The van der Waals surface area contributed by atoms with Gasteiger partial charge in [-0.05, 0) is 44.3 Å². The molecule has 3 rings (SSSR count). The van der Waals surface area contributed by atoms with Crippen molar-refractivity contribution in [2.75, 3.05) is 25.4 Å². The first-order valence-electron chi connectivity index (χ1n) is 7.69. The fourth-order valence-electron chi connectivity index (χ4n) is 2.91. The fraction of sp³-hybridized carbons (Fsp3) is 0.667. The van der Waals surface area contributed by atoms with Gasteiger partial charge in [-0.3, -0.25) is 0 Å². The number of aryl methyl sites for hydroxylation is 1. The normalized spacial score (nSPS) is 19.1. The molecule has 1 fully saturated rings. The first-order valence-corrected chi connectivity index (χ1v) is 7.69. The molecular formula is C15H24N6. The fourth-order valence-corrected chi connectivity index (χ4v) is 2.91. The standard InChI is InChI=1S/C15H24N6/c1-15(2)4-8-20(9-5-15)6-3-7-21-11-19-12-13(16)17-10-18-14(12)21/h10-11H,3-9H2,1-2H3,(H2,16,17,18). The van der Waals surface area contributed by atoms with Gasteiger partial charge in [0.2, 0.25) is 0 Å². The number of nitrogens with zero attached hydrogens (tertiary/aromatic N) is 5. The van der Waals surface area contributed by atoms with E-state index in [1.807, 2.05) is 6.33 Å². The van der Waals surface area contributed by atoms with E-state index in [2.05, 4.69) is 38.3 Å². The molecule has 0 unspecified atom stereocenters. The van der Waals surface area contributed by atoms with E-state index in [1.54, 1.807) is 0 Å². The zero-order valence-corrected chi connectivity index (χ0v) is 12.9. The van der Waals surface area contributed by atoms with Crippen molar-refractivity contribution in [3.63, 3.8) is 0 Å². The number of fused-ring (bicyclic) bond motifs is 1. The molecule has 2 aromatic rings. The summed E-state index contributed by atoms with van der Waals surface area (Å²) in [5, 5.41) is 0. The van der Waals surface area contributed by atoms with E-state index < -0.39 is 0 Å². The molecule has 2 aromatic heterocycles. The van der Waals surface area contributed by atoms with Gasteiger partial charge in [-0.1, -0.05) is 13.8 Å². The molecule has 0 radical (unpaired) electrons. The number of rotatable bonds is 4. The number of hydrogen-bond acceptors (Lipinski definition) is 5.